The summed E-state index contributed by atoms with van der Waals surface area (Å²) in [6.07, 6.45) is 5.80. The average molecular weight is 377 g/mol. The summed E-state index contributed by atoms with van der Waals surface area (Å²) in [5.74, 6) is 1.57. The molecule has 0 aliphatic carbocycles. The number of nitrogens with one attached hydrogen (secondary N) is 1. The molecule has 4 rings (SSSR count). The van der Waals surface area contributed by atoms with Gasteiger partial charge in [0, 0.05) is 36.5 Å². The lowest BCUT2D eigenvalue weighted by Gasteiger charge is -2.27. The molecule has 144 valence electrons. The molecule has 0 spiro atoms. The van der Waals surface area contributed by atoms with Crippen LogP contribution in [0, 0.1) is 0 Å². The molecule has 6 nitrogen and oxygen atoms in total. The Morgan fingerprint density at radius 1 is 1.21 bits per heavy atom. The number of ether oxygens (including phenoxy) is 1. The molecule has 0 atom stereocenters. The first-order valence-electron chi connectivity index (χ1n) is 9.53. The number of pyridine rings is 1. The first-order valence-corrected chi connectivity index (χ1v) is 9.53. The van der Waals surface area contributed by atoms with Gasteiger partial charge in [-0.1, -0.05) is 25.1 Å². The standard InChI is InChI=1S/C22H23N3O3/c1-2-19-18(17-5-3-4-6-20(17)28-19)8-10-22(26)24-16-7-9-21(23-15-16)25-11-13-27-14-12-25/h3-10,15H,2,11-14H2,1H3,(H,24,26)/b10-8+. The van der Waals surface area contributed by atoms with Crippen molar-refractivity contribution in [3.8, 4) is 0 Å². The van der Waals surface area contributed by atoms with Crippen molar-refractivity contribution in [1.29, 1.82) is 0 Å². The Hall–Kier alpha value is -3.12. The smallest absolute Gasteiger partial charge is 0.248 e. The van der Waals surface area contributed by atoms with Crippen LogP contribution in [0.5, 0.6) is 0 Å². The summed E-state index contributed by atoms with van der Waals surface area (Å²) in [6.45, 7) is 5.14. The highest BCUT2D eigenvalue weighted by molar-refractivity contribution is 6.03. The second-order valence-electron chi connectivity index (χ2n) is 6.62. The summed E-state index contributed by atoms with van der Waals surface area (Å²) in [5, 5.41) is 3.87. The molecule has 3 aromatic rings. The number of hydrogen-bond acceptors (Lipinski definition) is 5. The fraction of sp³-hybridized carbons (Fsp3) is 0.273. The van der Waals surface area contributed by atoms with Crippen LogP contribution in [0.4, 0.5) is 11.5 Å². The van der Waals surface area contributed by atoms with Crippen LogP contribution in [0.15, 0.2) is 53.1 Å². The Bertz CT molecular complexity index is 986. The zero-order valence-corrected chi connectivity index (χ0v) is 15.9. The number of rotatable bonds is 5. The van der Waals surface area contributed by atoms with E-state index in [-0.39, 0.29) is 5.91 Å². The maximum atomic E-state index is 12.3. The van der Waals surface area contributed by atoms with Gasteiger partial charge in [0.15, 0.2) is 0 Å². The average Bonchev–Trinajstić information content (AvgIpc) is 3.11. The number of carbonyl (C=O) groups is 1. The highest BCUT2D eigenvalue weighted by Crippen LogP contribution is 2.27. The number of anilines is 2. The lowest BCUT2D eigenvalue weighted by atomic mass is 10.1. The van der Waals surface area contributed by atoms with Crippen molar-refractivity contribution < 1.29 is 13.9 Å². The van der Waals surface area contributed by atoms with Gasteiger partial charge in [0.2, 0.25) is 5.91 Å². The summed E-state index contributed by atoms with van der Waals surface area (Å²) >= 11 is 0. The molecule has 0 radical (unpaired) electrons. The topological polar surface area (TPSA) is 67.6 Å². The van der Waals surface area contributed by atoms with E-state index < -0.39 is 0 Å². The van der Waals surface area contributed by atoms with Crippen molar-refractivity contribution >= 4 is 34.5 Å². The summed E-state index contributed by atoms with van der Waals surface area (Å²) in [5.41, 5.74) is 2.45. The first kappa shape index (κ1) is 18.3. The quantitative estimate of drug-likeness (QED) is 0.684. The number of nitrogens with zero attached hydrogens (tertiary/aromatic N) is 2. The maximum Gasteiger partial charge on any atom is 0.248 e. The largest absolute Gasteiger partial charge is 0.460 e. The number of furan rings is 1. The number of para-hydroxylation sites is 1. The van der Waals surface area contributed by atoms with E-state index in [0.29, 0.717) is 18.9 Å². The molecular formula is C22H23N3O3. The van der Waals surface area contributed by atoms with Gasteiger partial charge in [-0.2, -0.15) is 0 Å². The van der Waals surface area contributed by atoms with Gasteiger partial charge in [-0.25, -0.2) is 4.98 Å². The molecule has 28 heavy (non-hydrogen) atoms. The van der Waals surface area contributed by atoms with Crippen LogP contribution in [0.3, 0.4) is 0 Å². The van der Waals surface area contributed by atoms with Crippen molar-refractivity contribution in [2.24, 2.45) is 0 Å². The lowest BCUT2D eigenvalue weighted by molar-refractivity contribution is -0.111. The molecule has 1 aliphatic heterocycles. The van der Waals surface area contributed by atoms with Gasteiger partial charge in [-0.05, 0) is 24.3 Å². The van der Waals surface area contributed by atoms with Gasteiger partial charge < -0.3 is 19.4 Å². The van der Waals surface area contributed by atoms with Crippen LogP contribution in [0.25, 0.3) is 17.0 Å². The molecule has 0 saturated carbocycles. The predicted octanol–water partition coefficient (Wildman–Crippen LogP) is 3.88. The molecule has 1 aliphatic rings. The molecule has 0 bridgehead atoms. The Morgan fingerprint density at radius 2 is 2.04 bits per heavy atom. The summed E-state index contributed by atoms with van der Waals surface area (Å²) in [7, 11) is 0. The zero-order chi connectivity index (χ0) is 19.3. The normalized spacial score (nSPS) is 14.7. The van der Waals surface area contributed by atoms with Crippen molar-refractivity contribution in [2.75, 3.05) is 36.5 Å². The van der Waals surface area contributed by atoms with E-state index in [1.807, 2.05) is 49.4 Å². The molecule has 0 unspecified atom stereocenters. The molecule has 1 N–H and O–H groups in total. The number of carbonyl (C=O) groups excluding carboxylic acids is 1. The van der Waals surface area contributed by atoms with Crippen LogP contribution in [0.1, 0.15) is 18.2 Å². The monoisotopic (exact) mass is 377 g/mol. The maximum absolute atomic E-state index is 12.3. The molecule has 1 fully saturated rings. The molecule has 1 saturated heterocycles. The number of fused-ring (bicyclic) bond motifs is 1. The molecular weight excluding hydrogens is 354 g/mol. The Kier molecular flexibility index (Phi) is 5.39. The van der Waals surface area contributed by atoms with E-state index >= 15 is 0 Å². The van der Waals surface area contributed by atoms with Crippen molar-refractivity contribution in [2.45, 2.75) is 13.3 Å². The van der Waals surface area contributed by atoms with Gasteiger partial charge in [0.25, 0.3) is 0 Å². The van der Waals surface area contributed by atoms with E-state index in [1.54, 1.807) is 6.20 Å². The summed E-state index contributed by atoms with van der Waals surface area (Å²) in [4.78, 5) is 19.0. The SMILES string of the molecule is CCc1oc2ccccc2c1/C=C/C(=O)Nc1ccc(N2CCOCC2)nc1. The third-order valence-corrected chi connectivity index (χ3v) is 4.78. The Morgan fingerprint density at radius 3 is 2.79 bits per heavy atom. The van der Waals surface area contributed by atoms with E-state index in [9.17, 15) is 4.79 Å². The summed E-state index contributed by atoms with van der Waals surface area (Å²) in [6, 6.07) is 11.6. The van der Waals surface area contributed by atoms with Gasteiger partial charge in [0.1, 0.15) is 17.2 Å². The molecule has 1 aromatic carbocycles. The molecule has 2 aromatic heterocycles. The van der Waals surface area contributed by atoms with Crippen LogP contribution in [-0.4, -0.2) is 37.2 Å². The minimum atomic E-state index is -0.201. The highest BCUT2D eigenvalue weighted by atomic mass is 16.5. The number of aromatic nitrogens is 1. The minimum absolute atomic E-state index is 0.201. The highest BCUT2D eigenvalue weighted by Gasteiger charge is 2.13. The molecule has 6 heteroatoms. The number of amides is 1. The van der Waals surface area contributed by atoms with Gasteiger partial charge in [0.05, 0.1) is 25.1 Å². The second kappa shape index (κ2) is 8.27. The van der Waals surface area contributed by atoms with Gasteiger partial charge in [-0.3, -0.25) is 4.79 Å². The Balaban J connectivity index is 1.44. The summed E-state index contributed by atoms with van der Waals surface area (Å²) < 4.78 is 11.2. The van der Waals surface area contributed by atoms with E-state index in [1.165, 1.54) is 6.08 Å². The van der Waals surface area contributed by atoms with E-state index in [0.717, 1.165) is 47.6 Å². The van der Waals surface area contributed by atoms with Gasteiger partial charge in [-0.15, -0.1) is 0 Å². The second-order valence-corrected chi connectivity index (χ2v) is 6.62. The zero-order valence-electron chi connectivity index (χ0n) is 15.9. The molecule has 3 heterocycles. The van der Waals surface area contributed by atoms with Crippen molar-refractivity contribution in [1.82, 2.24) is 4.98 Å². The molecule has 1 amide bonds. The number of morpholine rings is 1. The number of hydrogen-bond donors (Lipinski definition) is 1. The fourth-order valence-corrected chi connectivity index (χ4v) is 3.34. The Labute approximate surface area is 163 Å². The van der Waals surface area contributed by atoms with Crippen LogP contribution < -0.4 is 10.2 Å². The predicted molar refractivity (Wildman–Crippen MR) is 111 cm³/mol. The third kappa shape index (κ3) is 3.92. The number of benzene rings is 1. The lowest BCUT2D eigenvalue weighted by Crippen LogP contribution is -2.36. The number of aryl methyl sites for hydroxylation is 1. The third-order valence-electron chi connectivity index (χ3n) is 4.78. The van der Waals surface area contributed by atoms with E-state index in [2.05, 4.69) is 15.2 Å². The van der Waals surface area contributed by atoms with Crippen LogP contribution >= 0.6 is 0 Å². The van der Waals surface area contributed by atoms with Gasteiger partial charge >= 0.3 is 0 Å². The van der Waals surface area contributed by atoms with E-state index in [4.69, 9.17) is 9.15 Å². The van der Waals surface area contributed by atoms with Crippen molar-refractivity contribution in [3.63, 3.8) is 0 Å². The van der Waals surface area contributed by atoms with Crippen molar-refractivity contribution in [3.05, 3.63) is 60.0 Å². The minimum Gasteiger partial charge on any atom is -0.460 e. The fourth-order valence-electron chi connectivity index (χ4n) is 3.34. The van der Waals surface area contributed by atoms with Crippen LogP contribution in [0.2, 0.25) is 0 Å². The van der Waals surface area contributed by atoms with Crippen LogP contribution in [-0.2, 0) is 16.0 Å². The first-order chi connectivity index (χ1) is 13.7.